The van der Waals surface area contributed by atoms with Crippen molar-refractivity contribution < 1.29 is 4.74 Å². The van der Waals surface area contributed by atoms with Crippen molar-refractivity contribution in [3.05, 3.63) is 41.4 Å². The fourth-order valence-electron chi connectivity index (χ4n) is 1.45. The van der Waals surface area contributed by atoms with Gasteiger partial charge in [0, 0.05) is 23.1 Å². The molecule has 2 N–H and O–H groups in total. The number of nitrogen functional groups attached to an aromatic ring is 1. The molecular formula is C11H8BrN7O. The van der Waals surface area contributed by atoms with Crippen LogP contribution in [0.25, 0.3) is 5.95 Å². The molecule has 3 rings (SSSR count). The quantitative estimate of drug-likeness (QED) is 0.775. The third-order valence-corrected chi connectivity index (χ3v) is 2.65. The summed E-state index contributed by atoms with van der Waals surface area (Å²) in [6.07, 6.45) is 6.49. The number of aromatic nitrogens is 6. The molecular weight excluding hydrogens is 326 g/mol. The van der Waals surface area contributed by atoms with Crippen molar-refractivity contribution in [1.82, 2.24) is 29.7 Å². The standard InChI is InChI=1S/C11H8BrN7O/c12-7-4-8(6-14-5-7)20-11-17-9(13)16-10(18-11)19-3-1-2-15-19/h1-6H,(H2,13,16,17,18). The molecule has 0 atom stereocenters. The van der Waals surface area contributed by atoms with Crippen molar-refractivity contribution in [2.24, 2.45) is 0 Å². The second-order valence-corrected chi connectivity index (χ2v) is 4.58. The Hall–Kier alpha value is -2.55. The van der Waals surface area contributed by atoms with Gasteiger partial charge in [-0.1, -0.05) is 0 Å². The van der Waals surface area contributed by atoms with Crippen LogP contribution in [0.1, 0.15) is 0 Å². The van der Waals surface area contributed by atoms with Crippen molar-refractivity contribution in [1.29, 1.82) is 0 Å². The fraction of sp³-hybridized carbons (Fsp3) is 0. The van der Waals surface area contributed by atoms with Crippen LogP contribution in [0.5, 0.6) is 11.8 Å². The number of halogens is 1. The minimum atomic E-state index is 0.0449. The summed E-state index contributed by atoms with van der Waals surface area (Å²) in [6.45, 7) is 0. The molecule has 8 nitrogen and oxygen atoms in total. The van der Waals surface area contributed by atoms with E-state index in [1.807, 2.05) is 0 Å². The average Bonchev–Trinajstić information content (AvgIpc) is 2.91. The molecule has 0 radical (unpaired) electrons. The van der Waals surface area contributed by atoms with Crippen LogP contribution >= 0.6 is 15.9 Å². The van der Waals surface area contributed by atoms with Crippen molar-refractivity contribution in [3.8, 4) is 17.7 Å². The predicted molar refractivity (Wildman–Crippen MR) is 73.4 cm³/mol. The van der Waals surface area contributed by atoms with Crippen LogP contribution in [0.2, 0.25) is 0 Å². The molecule has 20 heavy (non-hydrogen) atoms. The van der Waals surface area contributed by atoms with E-state index in [0.717, 1.165) is 4.47 Å². The Morgan fingerprint density at radius 2 is 2.10 bits per heavy atom. The Kier molecular flexibility index (Phi) is 3.25. The molecule has 0 saturated carbocycles. The van der Waals surface area contributed by atoms with Crippen LogP contribution in [0.15, 0.2) is 41.4 Å². The molecule has 0 unspecified atom stereocenters. The number of hydrogen-bond donors (Lipinski definition) is 1. The number of pyridine rings is 1. The summed E-state index contributed by atoms with van der Waals surface area (Å²) in [5.41, 5.74) is 5.64. The summed E-state index contributed by atoms with van der Waals surface area (Å²) in [5.74, 6) is 0.806. The zero-order chi connectivity index (χ0) is 13.9. The summed E-state index contributed by atoms with van der Waals surface area (Å²) in [6, 6.07) is 3.56. The maximum absolute atomic E-state index is 5.64. The number of nitrogens with zero attached hydrogens (tertiary/aromatic N) is 6. The predicted octanol–water partition coefficient (Wildman–Crippen LogP) is 1.59. The van der Waals surface area contributed by atoms with Crippen molar-refractivity contribution in [2.45, 2.75) is 0 Å². The summed E-state index contributed by atoms with van der Waals surface area (Å²) in [5, 5.41) is 4.02. The first-order valence-electron chi connectivity index (χ1n) is 5.51. The highest BCUT2D eigenvalue weighted by atomic mass is 79.9. The smallest absolute Gasteiger partial charge is 0.328 e. The van der Waals surface area contributed by atoms with Gasteiger partial charge in [-0.3, -0.25) is 4.98 Å². The lowest BCUT2D eigenvalue weighted by molar-refractivity contribution is 0.436. The second-order valence-electron chi connectivity index (χ2n) is 3.67. The van der Waals surface area contributed by atoms with E-state index in [1.165, 1.54) is 4.68 Å². The normalized spacial score (nSPS) is 10.4. The second kappa shape index (κ2) is 5.21. The molecule has 0 fully saturated rings. The van der Waals surface area contributed by atoms with E-state index in [2.05, 4.69) is 41.0 Å². The largest absolute Gasteiger partial charge is 0.422 e. The topological polar surface area (TPSA) is 105 Å². The summed E-state index contributed by atoms with van der Waals surface area (Å²) >= 11 is 3.30. The Morgan fingerprint density at radius 1 is 1.20 bits per heavy atom. The molecule has 9 heteroatoms. The zero-order valence-corrected chi connectivity index (χ0v) is 11.6. The van der Waals surface area contributed by atoms with Crippen LogP contribution < -0.4 is 10.5 Å². The Labute approximate surface area is 121 Å². The summed E-state index contributed by atoms with van der Waals surface area (Å²) in [7, 11) is 0. The molecule has 3 aromatic heterocycles. The molecule has 0 bridgehead atoms. The highest BCUT2D eigenvalue weighted by Crippen LogP contribution is 2.21. The molecule has 0 aliphatic heterocycles. The fourth-order valence-corrected chi connectivity index (χ4v) is 1.79. The van der Waals surface area contributed by atoms with Crippen LogP contribution in [0.4, 0.5) is 5.95 Å². The van der Waals surface area contributed by atoms with E-state index in [-0.39, 0.29) is 17.9 Å². The summed E-state index contributed by atoms with van der Waals surface area (Å²) in [4.78, 5) is 16.0. The third kappa shape index (κ3) is 2.72. The van der Waals surface area contributed by atoms with E-state index in [1.54, 1.807) is 36.9 Å². The molecule has 0 aromatic carbocycles. The average molecular weight is 334 g/mol. The molecule has 3 aromatic rings. The van der Waals surface area contributed by atoms with Gasteiger partial charge in [0.25, 0.3) is 5.95 Å². The van der Waals surface area contributed by atoms with Crippen molar-refractivity contribution in [2.75, 3.05) is 5.73 Å². The van der Waals surface area contributed by atoms with Gasteiger partial charge in [-0.15, -0.1) is 0 Å². The highest BCUT2D eigenvalue weighted by Gasteiger charge is 2.09. The van der Waals surface area contributed by atoms with E-state index in [4.69, 9.17) is 10.5 Å². The van der Waals surface area contributed by atoms with Gasteiger partial charge in [-0.05, 0) is 28.1 Å². The van der Waals surface area contributed by atoms with E-state index >= 15 is 0 Å². The molecule has 0 spiro atoms. The SMILES string of the molecule is Nc1nc(Oc2cncc(Br)c2)nc(-n2cccn2)n1. The zero-order valence-electron chi connectivity index (χ0n) is 10.0. The van der Waals surface area contributed by atoms with Crippen LogP contribution in [-0.4, -0.2) is 29.7 Å². The summed E-state index contributed by atoms with van der Waals surface area (Å²) < 4.78 is 7.75. The number of hydrogen-bond acceptors (Lipinski definition) is 7. The number of rotatable bonds is 3. The minimum absolute atomic E-state index is 0.0449. The van der Waals surface area contributed by atoms with E-state index in [0.29, 0.717) is 5.75 Å². The maximum Gasteiger partial charge on any atom is 0.328 e. The first-order chi connectivity index (χ1) is 9.70. The first-order valence-corrected chi connectivity index (χ1v) is 6.30. The van der Waals surface area contributed by atoms with Crippen molar-refractivity contribution in [3.63, 3.8) is 0 Å². The van der Waals surface area contributed by atoms with Gasteiger partial charge in [-0.2, -0.15) is 20.1 Å². The number of nitrogens with two attached hydrogens (primary N) is 1. The lowest BCUT2D eigenvalue weighted by atomic mass is 10.5. The Bertz CT molecular complexity index is 731. The Morgan fingerprint density at radius 3 is 2.85 bits per heavy atom. The monoisotopic (exact) mass is 333 g/mol. The molecule has 0 aliphatic rings. The number of ether oxygens (including phenoxy) is 1. The minimum Gasteiger partial charge on any atom is -0.422 e. The van der Waals surface area contributed by atoms with Gasteiger partial charge in [0.05, 0.1) is 6.20 Å². The molecule has 0 amide bonds. The van der Waals surface area contributed by atoms with Crippen LogP contribution in [0, 0.1) is 0 Å². The van der Waals surface area contributed by atoms with Crippen molar-refractivity contribution >= 4 is 21.9 Å². The van der Waals surface area contributed by atoms with Gasteiger partial charge in [0.1, 0.15) is 0 Å². The number of anilines is 1. The van der Waals surface area contributed by atoms with Crippen LogP contribution in [-0.2, 0) is 0 Å². The van der Waals surface area contributed by atoms with Gasteiger partial charge in [0.15, 0.2) is 5.75 Å². The van der Waals surface area contributed by atoms with Gasteiger partial charge in [0.2, 0.25) is 5.95 Å². The molecule has 0 aliphatic carbocycles. The third-order valence-electron chi connectivity index (χ3n) is 2.22. The first kappa shape index (κ1) is 12.5. The van der Waals surface area contributed by atoms with E-state index in [9.17, 15) is 0 Å². The Balaban J connectivity index is 1.94. The molecule has 0 saturated heterocycles. The van der Waals surface area contributed by atoms with Gasteiger partial charge >= 0.3 is 6.01 Å². The van der Waals surface area contributed by atoms with Gasteiger partial charge in [-0.25, -0.2) is 4.68 Å². The highest BCUT2D eigenvalue weighted by molar-refractivity contribution is 9.10. The van der Waals surface area contributed by atoms with Gasteiger partial charge < -0.3 is 10.5 Å². The maximum atomic E-state index is 5.64. The van der Waals surface area contributed by atoms with E-state index < -0.39 is 0 Å². The lowest BCUT2D eigenvalue weighted by Gasteiger charge is -2.06. The lowest BCUT2D eigenvalue weighted by Crippen LogP contribution is -2.07. The van der Waals surface area contributed by atoms with Crippen LogP contribution in [0.3, 0.4) is 0 Å². The molecule has 3 heterocycles. The molecule has 100 valence electrons.